The number of likely N-dealkylation sites (N-methyl/N-ethyl adjacent to an activating group) is 1. The summed E-state index contributed by atoms with van der Waals surface area (Å²) in [5.74, 6) is -0.608. The molecule has 1 amide bonds. The van der Waals surface area contributed by atoms with Gasteiger partial charge in [-0.25, -0.2) is 8.42 Å². The molecule has 0 radical (unpaired) electrons. The van der Waals surface area contributed by atoms with Crippen LogP contribution in [-0.2, 0) is 21.2 Å². The third-order valence-electron chi connectivity index (χ3n) is 4.23. The van der Waals surface area contributed by atoms with Gasteiger partial charge in [0.05, 0.1) is 0 Å². The molecular weight excluding hydrogens is 376 g/mol. The maximum Gasteiger partial charge on any atom is 0.250 e. The molecule has 0 spiro atoms. The average molecular weight is 405 g/mol. The molecule has 0 bridgehead atoms. The van der Waals surface area contributed by atoms with E-state index in [4.69, 9.17) is 0 Å². The molecule has 2 rings (SSSR count). The Morgan fingerprint density at radius 2 is 1.96 bits per heavy atom. The molecule has 1 aromatic carbocycles. The molecule has 0 aliphatic rings. The average Bonchev–Trinajstić information content (AvgIpc) is 3.04. The molecule has 28 heavy (non-hydrogen) atoms. The number of rotatable bonds is 9. The van der Waals surface area contributed by atoms with Crippen molar-refractivity contribution in [3.8, 4) is 11.4 Å². The van der Waals surface area contributed by atoms with Crippen LogP contribution in [0.2, 0.25) is 0 Å². The highest BCUT2D eigenvalue weighted by Crippen LogP contribution is 2.23. The Labute approximate surface area is 167 Å². The summed E-state index contributed by atoms with van der Waals surface area (Å²) in [6, 6.07) is 7.66. The summed E-state index contributed by atoms with van der Waals surface area (Å²) in [6.45, 7) is 12.5. The summed E-state index contributed by atoms with van der Waals surface area (Å²) in [5.41, 5.74) is 2.64. The topological polar surface area (TPSA) is 85.2 Å². The van der Waals surface area contributed by atoms with Crippen molar-refractivity contribution in [2.75, 3.05) is 18.8 Å². The van der Waals surface area contributed by atoms with Crippen molar-refractivity contribution >= 4 is 15.7 Å². The molecule has 0 fully saturated rings. The highest BCUT2D eigenvalue weighted by atomic mass is 32.2. The fourth-order valence-electron chi connectivity index (χ4n) is 2.96. The van der Waals surface area contributed by atoms with E-state index in [1.54, 1.807) is 11.5 Å². The number of carbonyl (C=O) groups excluding carboxylic acids is 1. The molecule has 7 nitrogen and oxygen atoms in total. The molecule has 152 valence electrons. The number of hydrogen-bond acceptors (Lipinski definition) is 5. The fraction of sp³-hybridized carbons (Fsp3) is 0.450. The number of sulfone groups is 1. The molecular formula is C20H28N4O3S. The van der Waals surface area contributed by atoms with Crippen LogP contribution < -0.4 is 0 Å². The lowest BCUT2D eigenvalue weighted by molar-refractivity contribution is -0.127. The Morgan fingerprint density at radius 1 is 1.25 bits per heavy atom. The van der Waals surface area contributed by atoms with Crippen LogP contribution in [0.1, 0.15) is 32.8 Å². The van der Waals surface area contributed by atoms with Crippen LogP contribution in [-0.4, -0.2) is 52.8 Å². The van der Waals surface area contributed by atoms with E-state index < -0.39 is 21.5 Å². The molecule has 0 N–H and O–H groups in total. The highest BCUT2D eigenvalue weighted by Gasteiger charge is 2.29. The van der Waals surface area contributed by atoms with Crippen LogP contribution in [0.5, 0.6) is 0 Å². The van der Waals surface area contributed by atoms with Gasteiger partial charge in [0.1, 0.15) is 5.75 Å². The van der Waals surface area contributed by atoms with E-state index in [-0.39, 0.29) is 5.16 Å². The lowest BCUT2D eigenvalue weighted by Gasteiger charge is -2.20. The first-order valence-electron chi connectivity index (χ1n) is 9.34. The number of aryl methyl sites for hydroxylation is 1. The van der Waals surface area contributed by atoms with Crippen molar-refractivity contribution in [3.05, 3.63) is 42.0 Å². The molecule has 0 unspecified atom stereocenters. The normalized spacial score (nSPS) is 11.4. The number of nitrogens with zero attached hydrogens (tertiary/aromatic N) is 4. The zero-order chi connectivity index (χ0) is 20.9. The first-order chi connectivity index (χ1) is 13.2. The van der Waals surface area contributed by atoms with Crippen LogP contribution >= 0.6 is 0 Å². The van der Waals surface area contributed by atoms with Crippen molar-refractivity contribution in [1.29, 1.82) is 0 Å². The van der Waals surface area contributed by atoms with Crippen LogP contribution in [0.15, 0.2) is 41.6 Å². The maximum absolute atomic E-state index is 13.0. The van der Waals surface area contributed by atoms with Gasteiger partial charge in [0.15, 0.2) is 5.82 Å². The monoisotopic (exact) mass is 404 g/mol. The van der Waals surface area contributed by atoms with Crippen molar-refractivity contribution in [2.24, 2.45) is 0 Å². The predicted molar refractivity (Wildman–Crippen MR) is 110 cm³/mol. The van der Waals surface area contributed by atoms with Gasteiger partial charge in [-0.2, -0.15) is 0 Å². The summed E-state index contributed by atoms with van der Waals surface area (Å²) in [4.78, 5) is 14.0. The van der Waals surface area contributed by atoms with E-state index in [0.29, 0.717) is 31.9 Å². The van der Waals surface area contributed by atoms with Gasteiger partial charge >= 0.3 is 0 Å². The third kappa shape index (κ3) is 5.07. The van der Waals surface area contributed by atoms with Crippen molar-refractivity contribution in [1.82, 2.24) is 19.7 Å². The third-order valence-corrected chi connectivity index (χ3v) is 5.71. The quantitative estimate of drug-likeness (QED) is 0.600. The second kappa shape index (κ2) is 9.14. The fourth-order valence-corrected chi connectivity index (χ4v) is 4.28. The summed E-state index contributed by atoms with van der Waals surface area (Å²) in [6.07, 6.45) is 0.712. The molecule has 0 saturated carbocycles. The van der Waals surface area contributed by atoms with Crippen LogP contribution in [0, 0.1) is 6.92 Å². The minimum absolute atomic E-state index is 0.161. The molecule has 0 aliphatic heterocycles. The van der Waals surface area contributed by atoms with Gasteiger partial charge in [-0.05, 0) is 33.3 Å². The largest absolute Gasteiger partial charge is 0.338 e. The lowest BCUT2D eigenvalue weighted by atomic mass is 10.1. The Kier molecular flexibility index (Phi) is 7.12. The van der Waals surface area contributed by atoms with Crippen LogP contribution in [0.4, 0.5) is 0 Å². The molecule has 1 heterocycles. The van der Waals surface area contributed by atoms with Gasteiger partial charge < -0.3 is 4.90 Å². The summed E-state index contributed by atoms with van der Waals surface area (Å²) < 4.78 is 27.5. The smallest absolute Gasteiger partial charge is 0.250 e. The molecule has 0 atom stereocenters. The van der Waals surface area contributed by atoms with Crippen molar-refractivity contribution in [3.63, 3.8) is 0 Å². The maximum atomic E-state index is 13.0. The summed E-state index contributed by atoms with van der Waals surface area (Å²) >= 11 is 0. The van der Waals surface area contributed by atoms with E-state index in [9.17, 15) is 13.2 Å². The number of amides is 1. The molecule has 1 aromatic heterocycles. The Bertz CT molecular complexity index is 964. The standard InChI is InChI=1S/C20H28N4O3S/c1-6-11-24-19(17-10-8-9-16(5)12-17)21-22-20(24)28(26,27)14-18(25)23(7-2)13-15(3)4/h8-10,12H,3,6-7,11,13-14H2,1-2,4-5H3. The first kappa shape index (κ1) is 21.8. The van der Waals surface area contributed by atoms with Crippen molar-refractivity contribution < 1.29 is 13.2 Å². The molecule has 8 heteroatoms. The highest BCUT2D eigenvalue weighted by molar-refractivity contribution is 7.91. The van der Waals surface area contributed by atoms with Gasteiger partial charge in [0, 0.05) is 25.2 Å². The van der Waals surface area contributed by atoms with E-state index in [1.165, 1.54) is 4.90 Å². The van der Waals surface area contributed by atoms with Gasteiger partial charge in [-0.15, -0.1) is 10.2 Å². The van der Waals surface area contributed by atoms with Crippen LogP contribution in [0.3, 0.4) is 0 Å². The number of carbonyl (C=O) groups is 1. The molecule has 0 saturated heterocycles. The van der Waals surface area contributed by atoms with Gasteiger partial charge in [-0.3, -0.25) is 9.36 Å². The van der Waals surface area contributed by atoms with E-state index in [0.717, 1.165) is 16.7 Å². The molecule has 2 aromatic rings. The minimum Gasteiger partial charge on any atom is -0.338 e. The second-order valence-electron chi connectivity index (χ2n) is 6.95. The Hall–Kier alpha value is -2.48. The zero-order valence-corrected chi connectivity index (χ0v) is 17.8. The van der Waals surface area contributed by atoms with Gasteiger partial charge in [-0.1, -0.05) is 42.8 Å². The van der Waals surface area contributed by atoms with Crippen molar-refractivity contribution in [2.45, 2.75) is 45.8 Å². The van der Waals surface area contributed by atoms with Crippen LogP contribution in [0.25, 0.3) is 11.4 Å². The summed E-state index contributed by atoms with van der Waals surface area (Å²) in [5, 5.41) is 7.91. The SMILES string of the molecule is C=C(C)CN(CC)C(=O)CS(=O)(=O)c1nnc(-c2cccc(C)c2)n1CCC. The van der Waals surface area contributed by atoms with Gasteiger partial charge in [0.25, 0.3) is 5.16 Å². The second-order valence-corrected chi connectivity index (χ2v) is 8.83. The Morgan fingerprint density at radius 3 is 2.54 bits per heavy atom. The van der Waals surface area contributed by atoms with E-state index in [2.05, 4.69) is 16.8 Å². The number of hydrogen-bond donors (Lipinski definition) is 0. The number of benzene rings is 1. The van der Waals surface area contributed by atoms with E-state index >= 15 is 0 Å². The van der Waals surface area contributed by atoms with Gasteiger partial charge in [0.2, 0.25) is 15.7 Å². The zero-order valence-electron chi connectivity index (χ0n) is 17.0. The predicted octanol–water partition coefficient (Wildman–Crippen LogP) is 2.86. The van der Waals surface area contributed by atoms with E-state index in [1.807, 2.05) is 45.0 Å². The minimum atomic E-state index is -3.93. The molecule has 0 aliphatic carbocycles. The Balaban J connectivity index is 2.40. The number of aromatic nitrogens is 3. The first-order valence-corrected chi connectivity index (χ1v) is 11.0. The summed E-state index contributed by atoms with van der Waals surface area (Å²) in [7, 11) is -3.93. The lowest BCUT2D eigenvalue weighted by Crippen LogP contribution is -2.37.